The van der Waals surface area contributed by atoms with Gasteiger partial charge < -0.3 is 9.15 Å². The first kappa shape index (κ1) is 12.0. The van der Waals surface area contributed by atoms with Crippen LogP contribution < -0.4 is 4.74 Å². The van der Waals surface area contributed by atoms with Gasteiger partial charge in [-0.3, -0.25) is 4.79 Å². The number of benzene rings is 1. The standard InChI is InChI=1S/C12H8Cl2O3/c1-16-9-3-2-7(13)6-8(9)10-4-5-11(17-10)12(14)15/h2-6H,1H3. The van der Waals surface area contributed by atoms with Gasteiger partial charge in [0.1, 0.15) is 11.5 Å². The second kappa shape index (κ2) is 4.82. The van der Waals surface area contributed by atoms with Gasteiger partial charge in [0.2, 0.25) is 0 Å². The van der Waals surface area contributed by atoms with Crippen molar-refractivity contribution >= 4 is 28.4 Å². The van der Waals surface area contributed by atoms with Crippen LogP contribution in [0.25, 0.3) is 11.3 Å². The lowest BCUT2D eigenvalue weighted by atomic mass is 10.1. The molecule has 0 saturated carbocycles. The zero-order valence-electron chi connectivity index (χ0n) is 8.87. The molecule has 0 bridgehead atoms. The second-order valence-corrected chi connectivity index (χ2v) is 4.06. The van der Waals surface area contributed by atoms with Gasteiger partial charge >= 0.3 is 0 Å². The summed E-state index contributed by atoms with van der Waals surface area (Å²) in [6.45, 7) is 0. The monoisotopic (exact) mass is 270 g/mol. The number of halogens is 2. The van der Waals surface area contributed by atoms with Crippen molar-refractivity contribution in [1.82, 2.24) is 0 Å². The number of carbonyl (C=O) groups excluding carboxylic acids is 1. The fourth-order valence-corrected chi connectivity index (χ4v) is 1.73. The Morgan fingerprint density at radius 3 is 2.65 bits per heavy atom. The molecule has 0 aliphatic carbocycles. The van der Waals surface area contributed by atoms with Crippen LogP contribution in [0.5, 0.6) is 5.75 Å². The summed E-state index contributed by atoms with van der Waals surface area (Å²) in [6.07, 6.45) is 0. The number of furan rings is 1. The lowest BCUT2D eigenvalue weighted by Gasteiger charge is -2.06. The van der Waals surface area contributed by atoms with Gasteiger partial charge in [0, 0.05) is 5.02 Å². The van der Waals surface area contributed by atoms with E-state index in [9.17, 15) is 4.79 Å². The molecule has 1 aromatic heterocycles. The Labute approximate surface area is 108 Å². The third kappa shape index (κ3) is 2.46. The van der Waals surface area contributed by atoms with E-state index >= 15 is 0 Å². The average Bonchev–Trinajstić information content (AvgIpc) is 2.78. The summed E-state index contributed by atoms with van der Waals surface area (Å²) < 4.78 is 10.5. The maximum absolute atomic E-state index is 10.9. The Bertz CT molecular complexity index is 561. The third-order valence-electron chi connectivity index (χ3n) is 2.23. The minimum atomic E-state index is -0.641. The van der Waals surface area contributed by atoms with E-state index in [4.69, 9.17) is 32.4 Å². The molecule has 0 unspecified atom stereocenters. The van der Waals surface area contributed by atoms with E-state index in [1.165, 1.54) is 6.07 Å². The summed E-state index contributed by atoms with van der Waals surface area (Å²) in [5, 5.41) is -0.0896. The normalized spacial score (nSPS) is 10.3. The van der Waals surface area contributed by atoms with Crippen LogP contribution in [0.3, 0.4) is 0 Å². The lowest BCUT2D eigenvalue weighted by Crippen LogP contribution is -1.87. The molecule has 0 spiro atoms. The molecule has 5 heteroatoms. The van der Waals surface area contributed by atoms with Crippen LogP contribution in [0, 0.1) is 0 Å². The summed E-state index contributed by atoms with van der Waals surface area (Å²) >= 11 is 11.2. The second-order valence-electron chi connectivity index (χ2n) is 3.28. The highest BCUT2D eigenvalue weighted by atomic mass is 35.5. The number of carbonyl (C=O) groups is 1. The number of rotatable bonds is 3. The number of ether oxygens (including phenoxy) is 1. The van der Waals surface area contributed by atoms with Crippen LogP contribution in [0.4, 0.5) is 0 Å². The lowest BCUT2D eigenvalue weighted by molar-refractivity contribution is 0.105. The van der Waals surface area contributed by atoms with E-state index in [0.29, 0.717) is 22.1 Å². The van der Waals surface area contributed by atoms with Gasteiger partial charge in [-0.25, -0.2) is 0 Å². The molecule has 0 aliphatic rings. The molecule has 0 amide bonds. The maximum atomic E-state index is 10.9. The van der Waals surface area contributed by atoms with Crippen molar-refractivity contribution in [3.05, 3.63) is 41.1 Å². The van der Waals surface area contributed by atoms with Gasteiger partial charge in [0.15, 0.2) is 5.76 Å². The van der Waals surface area contributed by atoms with Crippen molar-refractivity contribution in [3.63, 3.8) is 0 Å². The molecule has 2 rings (SSSR count). The highest BCUT2D eigenvalue weighted by Crippen LogP contribution is 2.33. The molecule has 0 radical (unpaired) electrons. The molecule has 3 nitrogen and oxygen atoms in total. The van der Waals surface area contributed by atoms with Crippen LogP contribution in [0.15, 0.2) is 34.7 Å². The minimum Gasteiger partial charge on any atom is -0.496 e. The van der Waals surface area contributed by atoms with Gasteiger partial charge in [-0.2, -0.15) is 0 Å². The molecule has 1 heterocycles. The molecule has 0 N–H and O–H groups in total. The highest BCUT2D eigenvalue weighted by molar-refractivity contribution is 6.67. The van der Waals surface area contributed by atoms with Gasteiger partial charge in [0.25, 0.3) is 5.24 Å². The van der Waals surface area contributed by atoms with Gasteiger partial charge in [-0.15, -0.1) is 0 Å². The quantitative estimate of drug-likeness (QED) is 0.792. The van der Waals surface area contributed by atoms with Crippen molar-refractivity contribution in [2.24, 2.45) is 0 Å². The van der Waals surface area contributed by atoms with E-state index in [1.54, 1.807) is 31.4 Å². The zero-order valence-corrected chi connectivity index (χ0v) is 10.4. The number of methoxy groups -OCH3 is 1. The van der Waals surface area contributed by atoms with Crippen LogP contribution in [-0.4, -0.2) is 12.4 Å². The van der Waals surface area contributed by atoms with Crippen molar-refractivity contribution in [3.8, 4) is 17.1 Å². The van der Waals surface area contributed by atoms with Gasteiger partial charge in [0.05, 0.1) is 12.7 Å². The first-order chi connectivity index (χ1) is 8.11. The zero-order chi connectivity index (χ0) is 12.4. The van der Waals surface area contributed by atoms with Gasteiger partial charge in [-0.05, 0) is 41.9 Å². The molecular weight excluding hydrogens is 263 g/mol. The van der Waals surface area contributed by atoms with E-state index in [2.05, 4.69) is 0 Å². The maximum Gasteiger partial charge on any atom is 0.287 e. The largest absolute Gasteiger partial charge is 0.496 e. The van der Waals surface area contributed by atoms with Crippen LogP contribution in [0.2, 0.25) is 5.02 Å². The molecule has 0 fully saturated rings. The van der Waals surface area contributed by atoms with Crippen LogP contribution >= 0.6 is 23.2 Å². The van der Waals surface area contributed by atoms with Crippen molar-refractivity contribution in [1.29, 1.82) is 0 Å². The molecule has 0 saturated heterocycles. The SMILES string of the molecule is COc1ccc(Cl)cc1-c1ccc(C(=O)Cl)o1. The summed E-state index contributed by atoms with van der Waals surface area (Å²) in [5.74, 6) is 1.18. The smallest absolute Gasteiger partial charge is 0.287 e. The fourth-order valence-electron chi connectivity index (χ4n) is 1.46. The van der Waals surface area contributed by atoms with Crippen molar-refractivity contribution < 1.29 is 13.9 Å². The third-order valence-corrected chi connectivity index (χ3v) is 2.65. The van der Waals surface area contributed by atoms with E-state index in [0.717, 1.165) is 0 Å². The molecular formula is C12H8Cl2O3. The number of hydrogen-bond donors (Lipinski definition) is 0. The first-order valence-electron chi connectivity index (χ1n) is 4.75. The summed E-state index contributed by atoms with van der Waals surface area (Å²) in [7, 11) is 1.54. The predicted octanol–water partition coefficient (Wildman–Crippen LogP) is 3.99. The molecule has 0 atom stereocenters. The summed E-state index contributed by atoms with van der Waals surface area (Å²) in [4.78, 5) is 10.9. The van der Waals surface area contributed by atoms with Crippen LogP contribution in [-0.2, 0) is 0 Å². The summed E-state index contributed by atoms with van der Waals surface area (Å²) in [5.41, 5.74) is 0.671. The summed E-state index contributed by atoms with van der Waals surface area (Å²) in [6, 6.07) is 8.28. The fraction of sp³-hybridized carbons (Fsp3) is 0.0833. The highest BCUT2D eigenvalue weighted by Gasteiger charge is 2.13. The molecule has 2 aromatic rings. The van der Waals surface area contributed by atoms with E-state index < -0.39 is 5.24 Å². The number of hydrogen-bond acceptors (Lipinski definition) is 3. The Balaban J connectivity index is 2.51. The topological polar surface area (TPSA) is 39.4 Å². The predicted molar refractivity (Wildman–Crippen MR) is 65.9 cm³/mol. The van der Waals surface area contributed by atoms with E-state index in [1.807, 2.05) is 0 Å². The molecule has 1 aromatic carbocycles. The van der Waals surface area contributed by atoms with Crippen molar-refractivity contribution in [2.75, 3.05) is 7.11 Å². The molecule has 17 heavy (non-hydrogen) atoms. The van der Waals surface area contributed by atoms with E-state index in [-0.39, 0.29) is 5.76 Å². The Morgan fingerprint density at radius 2 is 2.06 bits per heavy atom. The van der Waals surface area contributed by atoms with Crippen molar-refractivity contribution in [2.45, 2.75) is 0 Å². The van der Waals surface area contributed by atoms with Gasteiger partial charge in [-0.1, -0.05) is 11.6 Å². The Hall–Kier alpha value is -1.45. The molecule has 0 aliphatic heterocycles. The minimum absolute atomic E-state index is 0.0868. The first-order valence-corrected chi connectivity index (χ1v) is 5.51. The average molecular weight is 271 g/mol. The van der Waals surface area contributed by atoms with Crippen LogP contribution in [0.1, 0.15) is 10.6 Å². The molecule has 88 valence electrons. The Morgan fingerprint density at radius 1 is 1.29 bits per heavy atom. The Kier molecular flexibility index (Phi) is 3.41.